The molecule has 9 heteroatoms. The number of carbonyl (C=O) groups is 1. The van der Waals surface area contributed by atoms with Crippen LogP contribution in [0.15, 0.2) is 63.2 Å². The lowest BCUT2D eigenvalue weighted by atomic mass is 10.1. The molecule has 1 aliphatic rings. The van der Waals surface area contributed by atoms with E-state index in [1.165, 1.54) is 21.9 Å². The highest BCUT2D eigenvalue weighted by molar-refractivity contribution is 7.14. The maximum absolute atomic E-state index is 12.8. The molecular formula is C20H15Cl2N5OS. The van der Waals surface area contributed by atoms with Gasteiger partial charge in [0.2, 0.25) is 5.13 Å². The number of hydrogen-bond donors (Lipinski definition) is 0. The van der Waals surface area contributed by atoms with Gasteiger partial charge in [0, 0.05) is 16.0 Å². The lowest BCUT2D eigenvalue weighted by Crippen LogP contribution is -2.29. The van der Waals surface area contributed by atoms with Crippen molar-refractivity contribution in [3.63, 3.8) is 0 Å². The highest BCUT2D eigenvalue weighted by atomic mass is 35.5. The van der Waals surface area contributed by atoms with Crippen LogP contribution in [0.5, 0.6) is 0 Å². The normalized spacial score (nSPS) is 16.7. The summed E-state index contributed by atoms with van der Waals surface area (Å²) in [6, 6.07) is 12.1. The standard InChI is InChI=1S/C20H15Cl2N5OS/c1-11-3-5-13(6-4-11)17-10-29-20(23-17)27-19(28)18(12(2)26-27)25-24-16-8-7-14(21)9-15(16)22/h3-10,18H,1-2H3/t18-/m1/s1. The fourth-order valence-corrected chi connectivity index (χ4v) is 3.96. The summed E-state index contributed by atoms with van der Waals surface area (Å²) in [5, 5.41) is 17.1. The molecule has 0 unspecified atom stereocenters. The maximum atomic E-state index is 12.8. The molecule has 0 N–H and O–H groups in total. The van der Waals surface area contributed by atoms with Crippen LogP contribution in [0.25, 0.3) is 11.3 Å². The number of nitrogens with zero attached hydrogens (tertiary/aromatic N) is 5. The van der Waals surface area contributed by atoms with E-state index < -0.39 is 6.04 Å². The van der Waals surface area contributed by atoms with Crippen LogP contribution in [0, 0.1) is 6.92 Å². The van der Waals surface area contributed by atoms with Crippen molar-refractivity contribution in [3.8, 4) is 11.3 Å². The number of benzene rings is 2. The molecule has 3 aromatic rings. The number of azo groups is 1. The highest BCUT2D eigenvalue weighted by Gasteiger charge is 2.36. The summed E-state index contributed by atoms with van der Waals surface area (Å²) in [5.74, 6) is -0.304. The first-order valence-electron chi connectivity index (χ1n) is 8.70. The van der Waals surface area contributed by atoms with Crippen LogP contribution in [-0.4, -0.2) is 22.6 Å². The minimum Gasteiger partial charge on any atom is -0.269 e. The third-order valence-electron chi connectivity index (χ3n) is 4.31. The van der Waals surface area contributed by atoms with Crippen molar-refractivity contribution < 1.29 is 4.79 Å². The Labute approximate surface area is 181 Å². The quantitative estimate of drug-likeness (QED) is 0.443. The predicted molar refractivity (Wildman–Crippen MR) is 118 cm³/mol. The first-order chi connectivity index (χ1) is 13.9. The Morgan fingerprint density at radius 1 is 1.10 bits per heavy atom. The average Bonchev–Trinajstić information content (AvgIpc) is 3.27. The van der Waals surface area contributed by atoms with E-state index >= 15 is 0 Å². The number of hydrazone groups is 1. The number of thiazole rings is 1. The van der Waals surface area contributed by atoms with E-state index in [1.807, 2.05) is 36.6 Å². The van der Waals surface area contributed by atoms with Gasteiger partial charge in [0.1, 0.15) is 5.69 Å². The van der Waals surface area contributed by atoms with Gasteiger partial charge in [-0.3, -0.25) is 4.79 Å². The Balaban J connectivity index is 1.55. The Hall–Kier alpha value is -2.61. The second-order valence-electron chi connectivity index (χ2n) is 6.49. The van der Waals surface area contributed by atoms with Crippen molar-refractivity contribution in [2.75, 3.05) is 5.01 Å². The van der Waals surface area contributed by atoms with E-state index in [9.17, 15) is 4.79 Å². The van der Waals surface area contributed by atoms with Crippen molar-refractivity contribution in [2.24, 2.45) is 15.3 Å². The first kappa shape index (κ1) is 19.7. The molecule has 0 aliphatic carbocycles. The van der Waals surface area contributed by atoms with Gasteiger partial charge in [0.05, 0.1) is 16.4 Å². The molecule has 2 heterocycles. The molecule has 1 aliphatic heterocycles. The van der Waals surface area contributed by atoms with E-state index in [2.05, 4.69) is 20.3 Å². The fraction of sp³-hybridized carbons (Fsp3) is 0.150. The van der Waals surface area contributed by atoms with Gasteiger partial charge >= 0.3 is 0 Å². The summed E-state index contributed by atoms with van der Waals surface area (Å²) in [6.45, 7) is 3.77. The lowest BCUT2D eigenvalue weighted by Gasteiger charge is -2.08. The van der Waals surface area contributed by atoms with Crippen LogP contribution in [0.1, 0.15) is 12.5 Å². The van der Waals surface area contributed by atoms with E-state index in [4.69, 9.17) is 23.2 Å². The topological polar surface area (TPSA) is 70.3 Å². The Morgan fingerprint density at radius 3 is 2.59 bits per heavy atom. The van der Waals surface area contributed by atoms with Gasteiger partial charge in [0.25, 0.3) is 5.91 Å². The molecule has 0 fully saturated rings. The SMILES string of the molecule is CC1=NN(c2nc(-c3ccc(C)cc3)cs2)C(=O)[C@@H]1N=Nc1ccc(Cl)cc1Cl. The van der Waals surface area contributed by atoms with Gasteiger partial charge in [-0.05, 0) is 32.0 Å². The highest BCUT2D eigenvalue weighted by Crippen LogP contribution is 2.32. The van der Waals surface area contributed by atoms with Gasteiger partial charge < -0.3 is 0 Å². The van der Waals surface area contributed by atoms with Crippen LogP contribution in [0.4, 0.5) is 10.8 Å². The zero-order chi connectivity index (χ0) is 20.5. The molecule has 6 nitrogen and oxygen atoms in total. The maximum Gasteiger partial charge on any atom is 0.282 e. The molecule has 29 heavy (non-hydrogen) atoms. The second kappa shape index (κ2) is 8.02. The third kappa shape index (κ3) is 4.07. The van der Waals surface area contributed by atoms with Crippen molar-refractivity contribution in [1.82, 2.24) is 4.98 Å². The number of halogens is 2. The van der Waals surface area contributed by atoms with Gasteiger partial charge in [-0.2, -0.15) is 20.3 Å². The number of aryl methyl sites for hydroxylation is 1. The fourth-order valence-electron chi connectivity index (χ4n) is 2.73. The molecule has 1 amide bonds. The summed E-state index contributed by atoms with van der Waals surface area (Å²) in [6.07, 6.45) is 0. The zero-order valence-electron chi connectivity index (χ0n) is 15.5. The summed E-state index contributed by atoms with van der Waals surface area (Å²) in [4.78, 5) is 17.4. The average molecular weight is 444 g/mol. The van der Waals surface area contributed by atoms with Crippen LogP contribution < -0.4 is 5.01 Å². The molecule has 1 aromatic heterocycles. The minimum absolute atomic E-state index is 0.304. The number of aromatic nitrogens is 1. The number of anilines is 1. The van der Waals surface area contributed by atoms with Crippen LogP contribution in [-0.2, 0) is 4.79 Å². The van der Waals surface area contributed by atoms with E-state index in [0.29, 0.717) is 26.6 Å². The molecule has 0 radical (unpaired) electrons. The molecule has 4 rings (SSSR count). The molecule has 2 aromatic carbocycles. The number of amides is 1. The monoisotopic (exact) mass is 443 g/mol. The zero-order valence-corrected chi connectivity index (χ0v) is 17.8. The molecule has 0 spiro atoms. The summed E-state index contributed by atoms with van der Waals surface area (Å²) >= 11 is 13.4. The van der Waals surface area contributed by atoms with Crippen molar-refractivity contribution >= 4 is 57.0 Å². The predicted octanol–water partition coefficient (Wildman–Crippen LogP) is 6.30. The molecular weight excluding hydrogens is 429 g/mol. The van der Waals surface area contributed by atoms with Gasteiger partial charge in [-0.15, -0.1) is 11.3 Å². The molecule has 0 saturated heterocycles. The van der Waals surface area contributed by atoms with Gasteiger partial charge in [0.15, 0.2) is 6.04 Å². The number of hydrogen-bond acceptors (Lipinski definition) is 6. The lowest BCUT2D eigenvalue weighted by molar-refractivity contribution is -0.117. The van der Waals surface area contributed by atoms with Crippen LogP contribution in [0.3, 0.4) is 0 Å². The Kier molecular flexibility index (Phi) is 5.45. The summed E-state index contributed by atoms with van der Waals surface area (Å²) in [5.41, 5.74) is 3.93. The molecule has 146 valence electrons. The smallest absolute Gasteiger partial charge is 0.269 e. The number of carbonyl (C=O) groups excluding carboxylic acids is 1. The Bertz CT molecular complexity index is 1140. The molecule has 1 atom stereocenters. The first-order valence-corrected chi connectivity index (χ1v) is 10.3. The molecule has 0 saturated carbocycles. The van der Waals surface area contributed by atoms with E-state index in [0.717, 1.165) is 11.3 Å². The van der Waals surface area contributed by atoms with Crippen LogP contribution in [0.2, 0.25) is 10.0 Å². The minimum atomic E-state index is -0.812. The van der Waals surface area contributed by atoms with Crippen molar-refractivity contribution in [1.29, 1.82) is 0 Å². The third-order valence-corrected chi connectivity index (χ3v) is 5.66. The van der Waals surface area contributed by atoms with Gasteiger partial charge in [-0.25, -0.2) is 4.98 Å². The Morgan fingerprint density at radius 2 is 1.86 bits per heavy atom. The van der Waals surface area contributed by atoms with Crippen LogP contribution >= 0.6 is 34.5 Å². The van der Waals surface area contributed by atoms with E-state index in [-0.39, 0.29) is 5.91 Å². The largest absolute Gasteiger partial charge is 0.282 e. The summed E-state index contributed by atoms with van der Waals surface area (Å²) < 4.78 is 0. The van der Waals surface area contributed by atoms with Crippen molar-refractivity contribution in [3.05, 3.63) is 63.5 Å². The van der Waals surface area contributed by atoms with E-state index in [1.54, 1.807) is 25.1 Å². The van der Waals surface area contributed by atoms with Crippen molar-refractivity contribution in [2.45, 2.75) is 19.9 Å². The summed E-state index contributed by atoms with van der Waals surface area (Å²) in [7, 11) is 0. The van der Waals surface area contributed by atoms with Gasteiger partial charge in [-0.1, -0.05) is 53.0 Å². The number of rotatable bonds is 4. The second-order valence-corrected chi connectivity index (χ2v) is 8.17. The molecule has 0 bridgehead atoms.